The third-order valence-electron chi connectivity index (χ3n) is 3.52. The molecule has 0 saturated carbocycles. The van der Waals surface area contributed by atoms with Crippen LogP contribution in [0, 0.1) is 12.7 Å². The number of benzene rings is 1. The lowest BCUT2D eigenvalue weighted by Crippen LogP contribution is -2.24. The molecule has 0 aliphatic carbocycles. The molecule has 0 fully saturated rings. The molecule has 0 bridgehead atoms. The number of fused-ring (bicyclic) bond motifs is 1. The van der Waals surface area contributed by atoms with Crippen molar-refractivity contribution in [3.63, 3.8) is 0 Å². The van der Waals surface area contributed by atoms with Crippen molar-refractivity contribution in [1.29, 1.82) is 0 Å². The summed E-state index contributed by atoms with van der Waals surface area (Å²) in [6, 6.07) is 3.40. The van der Waals surface area contributed by atoms with Crippen molar-refractivity contribution >= 4 is 34.4 Å². The van der Waals surface area contributed by atoms with Gasteiger partial charge >= 0.3 is 0 Å². The first-order valence-electron chi connectivity index (χ1n) is 6.64. The zero-order chi connectivity index (χ0) is 14.9. The van der Waals surface area contributed by atoms with Crippen molar-refractivity contribution in [3.8, 4) is 0 Å². The van der Waals surface area contributed by atoms with Crippen molar-refractivity contribution in [3.05, 3.63) is 29.3 Å². The highest BCUT2D eigenvalue weighted by molar-refractivity contribution is 7.99. The summed E-state index contributed by atoms with van der Waals surface area (Å²) in [4.78, 5) is 4.55. The van der Waals surface area contributed by atoms with Crippen molar-refractivity contribution in [2.45, 2.75) is 38.5 Å². The van der Waals surface area contributed by atoms with Gasteiger partial charge in [0.1, 0.15) is 11.6 Å². The summed E-state index contributed by atoms with van der Waals surface area (Å²) >= 11 is 7.68. The number of alkyl halides is 1. The standard InChI is InChI=1S/C15H20ClFN2S/c1-10-7-13-12(8-11(10)17)18-14(5-6-16)19(13)9-15(2,3)20-4/h7-8H,5-6,9H2,1-4H3. The molecule has 2 nitrogen and oxygen atoms in total. The lowest BCUT2D eigenvalue weighted by molar-refractivity contribution is 0.561. The summed E-state index contributed by atoms with van der Waals surface area (Å²) in [6.45, 7) is 7.02. The summed E-state index contributed by atoms with van der Waals surface area (Å²) in [5.74, 6) is 1.25. The molecule has 0 aliphatic rings. The van der Waals surface area contributed by atoms with E-state index >= 15 is 0 Å². The molecule has 0 N–H and O–H groups in total. The molecular formula is C15H20ClFN2S. The molecule has 1 aromatic heterocycles. The summed E-state index contributed by atoms with van der Waals surface area (Å²) in [5, 5.41) is 0. The van der Waals surface area contributed by atoms with Crippen LogP contribution in [0.2, 0.25) is 0 Å². The fourth-order valence-electron chi connectivity index (χ4n) is 2.20. The normalized spacial score (nSPS) is 12.3. The monoisotopic (exact) mass is 314 g/mol. The van der Waals surface area contributed by atoms with Gasteiger partial charge in [0.25, 0.3) is 0 Å². The van der Waals surface area contributed by atoms with Crippen molar-refractivity contribution in [2.24, 2.45) is 0 Å². The van der Waals surface area contributed by atoms with Gasteiger partial charge < -0.3 is 4.57 Å². The predicted octanol–water partition coefficient (Wildman–Crippen LogP) is 4.41. The van der Waals surface area contributed by atoms with Crippen LogP contribution in [0.1, 0.15) is 25.2 Å². The van der Waals surface area contributed by atoms with E-state index in [4.69, 9.17) is 11.6 Å². The van der Waals surface area contributed by atoms with Crippen molar-refractivity contribution in [2.75, 3.05) is 12.1 Å². The highest BCUT2D eigenvalue weighted by Crippen LogP contribution is 2.28. The molecule has 0 atom stereocenters. The average molecular weight is 315 g/mol. The topological polar surface area (TPSA) is 17.8 Å². The molecular weight excluding hydrogens is 295 g/mol. The van der Waals surface area contributed by atoms with Gasteiger partial charge in [0, 0.05) is 29.7 Å². The van der Waals surface area contributed by atoms with Crippen molar-refractivity contribution < 1.29 is 4.39 Å². The number of hydrogen-bond acceptors (Lipinski definition) is 2. The van der Waals surface area contributed by atoms with Gasteiger partial charge in [0.15, 0.2) is 0 Å². The molecule has 5 heteroatoms. The molecule has 20 heavy (non-hydrogen) atoms. The minimum absolute atomic E-state index is 0.0942. The smallest absolute Gasteiger partial charge is 0.128 e. The van der Waals surface area contributed by atoms with Crippen LogP contribution >= 0.6 is 23.4 Å². The van der Waals surface area contributed by atoms with Crippen LogP contribution in [-0.4, -0.2) is 26.4 Å². The van der Waals surface area contributed by atoms with Gasteiger partial charge in [-0.3, -0.25) is 0 Å². The summed E-state index contributed by atoms with van der Waals surface area (Å²) in [6.07, 6.45) is 2.80. The van der Waals surface area contributed by atoms with Crippen LogP contribution in [0.4, 0.5) is 4.39 Å². The van der Waals surface area contributed by atoms with E-state index in [1.807, 2.05) is 17.8 Å². The van der Waals surface area contributed by atoms with Gasteiger partial charge in [-0.25, -0.2) is 9.37 Å². The molecule has 1 heterocycles. The Bertz CT molecular complexity index is 622. The van der Waals surface area contributed by atoms with Gasteiger partial charge in [-0.15, -0.1) is 11.6 Å². The Morgan fingerprint density at radius 1 is 1.40 bits per heavy atom. The van der Waals surface area contributed by atoms with E-state index < -0.39 is 0 Å². The van der Waals surface area contributed by atoms with E-state index in [2.05, 4.69) is 29.7 Å². The Labute approximate surface area is 128 Å². The molecule has 1 aromatic carbocycles. The Morgan fingerprint density at radius 3 is 2.70 bits per heavy atom. The van der Waals surface area contributed by atoms with E-state index in [0.29, 0.717) is 23.4 Å². The molecule has 0 amide bonds. The third kappa shape index (κ3) is 3.12. The first-order chi connectivity index (χ1) is 9.38. The molecule has 0 aliphatic heterocycles. The zero-order valence-electron chi connectivity index (χ0n) is 12.3. The van der Waals surface area contributed by atoms with Gasteiger partial charge in [-0.05, 0) is 38.7 Å². The van der Waals surface area contributed by atoms with Crippen LogP contribution in [0.25, 0.3) is 11.0 Å². The molecule has 0 saturated heterocycles. The average Bonchev–Trinajstić information content (AvgIpc) is 2.68. The maximum Gasteiger partial charge on any atom is 0.128 e. The fourth-order valence-corrected chi connectivity index (χ4v) is 2.62. The lowest BCUT2D eigenvalue weighted by Gasteiger charge is -2.24. The molecule has 0 radical (unpaired) electrons. The second kappa shape index (κ2) is 5.94. The second-order valence-electron chi connectivity index (χ2n) is 5.61. The number of nitrogens with zero attached hydrogens (tertiary/aromatic N) is 2. The molecule has 110 valence electrons. The van der Waals surface area contributed by atoms with E-state index in [-0.39, 0.29) is 10.6 Å². The van der Waals surface area contributed by atoms with E-state index in [9.17, 15) is 4.39 Å². The largest absolute Gasteiger partial charge is 0.327 e. The maximum absolute atomic E-state index is 13.7. The van der Waals surface area contributed by atoms with Gasteiger partial charge in [0.2, 0.25) is 0 Å². The van der Waals surface area contributed by atoms with E-state index in [0.717, 1.165) is 17.9 Å². The van der Waals surface area contributed by atoms with Crippen molar-refractivity contribution in [1.82, 2.24) is 9.55 Å². The van der Waals surface area contributed by atoms with Crippen LogP contribution in [0.3, 0.4) is 0 Å². The summed E-state index contributed by atoms with van der Waals surface area (Å²) in [5.41, 5.74) is 2.36. The zero-order valence-corrected chi connectivity index (χ0v) is 13.9. The lowest BCUT2D eigenvalue weighted by atomic mass is 10.1. The van der Waals surface area contributed by atoms with Crippen LogP contribution in [-0.2, 0) is 13.0 Å². The number of rotatable bonds is 5. The number of imidazole rings is 1. The number of hydrogen-bond donors (Lipinski definition) is 0. The molecule has 2 rings (SSSR count). The third-order valence-corrected chi connectivity index (χ3v) is 4.94. The molecule has 0 unspecified atom stereocenters. The van der Waals surface area contributed by atoms with Gasteiger partial charge in [-0.2, -0.15) is 11.8 Å². The highest BCUT2D eigenvalue weighted by atomic mass is 35.5. The summed E-state index contributed by atoms with van der Waals surface area (Å²) < 4.78 is 16.0. The number of aromatic nitrogens is 2. The Hall–Kier alpha value is -0.740. The van der Waals surface area contributed by atoms with E-state index in [1.165, 1.54) is 6.07 Å². The quantitative estimate of drug-likeness (QED) is 0.761. The van der Waals surface area contributed by atoms with Gasteiger partial charge in [-0.1, -0.05) is 0 Å². The Balaban J connectivity index is 2.58. The van der Waals surface area contributed by atoms with Crippen LogP contribution in [0.15, 0.2) is 12.1 Å². The highest BCUT2D eigenvalue weighted by Gasteiger charge is 2.21. The maximum atomic E-state index is 13.7. The minimum atomic E-state index is -0.205. The summed E-state index contributed by atoms with van der Waals surface area (Å²) in [7, 11) is 0. The molecule has 2 aromatic rings. The van der Waals surface area contributed by atoms with Crippen LogP contribution < -0.4 is 0 Å². The van der Waals surface area contributed by atoms with Gasteiger partial charge in [0.05, 0.1) is 11.0 Å². The number of aryl methyl sites for hydroxylation is 2. The van der Waals surface area contributed by atoms with Crippen LogP contribution in [0.5, 0.6) is 0 Å². The first kappa shape index (κ1) is 15.6. The first-order valence-corrected chi connectivity index (χ1v) is 8.40. The van der Waals surface area contributed by atoms with E-state index in [1.54, 1.807) is 6.92 Å². The fraction of sp³-hybridized carbons (Fsp3) is 0.533. The number of thioether (sulfide) groups is 1. The predicted molar refractivity (Wildman–Crippen MR) is 86.4 cm³/mol. The Kier molecular flexibility index (Phi) is 4.65. The second-order valence-corrected chi connectivity index (χ2v) is 7.50. The minimum Gasteiger partial charge on any atom is -0.327 e. The molecule has 0 spiro atoms. The number of halogens is 2. The Morgan fingerprint density at radius 2 is 2.10 bits per heavy atom. The SMILES string of the molecule is CSC(C)(C)Cn1c(CCCl)nc2cc(F)c(C)cc21.